The largest absolute Gasteiger partial charge is 0.399 e. The molecule has 0 saturated heterocycles. The normalized spacial score (nSPS) is 11.2. The van der Waals surface area contributed by atoms with Gasteiger partial charge in [0.2, 0.25) is 0 Å². The van der Waals surface area contributed by atoms with Crippen LogP contribution in [0.1, 0.15) is 5.56 Å². The first-order valence-electron chi connectivity index (χ1n) is 6.06. The van der Waals surface area contributed by atoms with Gasteiger partial charge in [-0.15, -0.1) is 5.10 Å². The SMILES string of the molecule is Cc1ccc(N)cc1-c1nnnn1CCOCC(F)F. The van der Waals surface area contributed by atoms with Crippen molar-refractivity contribution in [2.24, 2.45) is 0 Å². The van der Waals surface area contributed by atoms with E-state index in [1.165, 1.54) is 4.68 Å². The second-order valence-electron chi connectivity index (χ2n) is 4.27. The van der Waals surface area contributed by atoms with E-state index in [0.717, 1.165) is 11.1 Å². The molecular weight excluding hydrogens is 268 g/mol. The summed E-state index contributed by atoms with van der Waals surface area (Å²) in [7, 11) is 0. The average Bonchev–Trinajstić information content (AvgIpc) is 2.85. The fourth-order valence-electron chi connectivity index (χ4n) is 1.75. The number of benzene rings is 1. The molecule has 2 rings (SSSR count). The van der Waals surface area contributed by atoms with Gasteiger partial charge in [0.1, 0.15) is 6.61 Å². The minimum Gasteiger partial charge on any atom is -0.399 e. The van der Waals surface area contributed by atoms with Crippen LogP contribution in [0.15, 0.2) is 18.2 Å². The third kappa shape index (κ3) is 3.47. The molecule has 0 atom stereocenters. The number of nitrogen functional groups attached to an aromatic ring is 1. The first-order valence-corrected chi connectivity index (χ1v) is 6.06. The monoisotopic (exact) mass is 283 g/mol. The highest BCUT2D eigenvalue weighted by molar-refractivity contribution is 5.65. The van der Waals surface area contributed by atoms with E-state index >= 15 is 0 Å². The molecule has 1 aromatic carbocycles. The number of aromatic nitrogens is 4. The Kier molecular flexibility index (Phi) is 4.57. The van der Waals surface area contributed by atoms with Crippen molar-refractivity contribution in [3.05, 3.63) is 23.8 Å². The Balaban J connectivity index is 2.10. The molecule has 8 heteroatoms. The molecule has 0 unspecified atom stereocenters. The minimum absolute atomic E-state index is 0.115. The van der Waals surface area contributed by atoms with Gasteiger partial charge in [0.25, 0.3) is 6.43 Å². The van der Waals surface area contributed by atoms with Gasteiger partial charge in [-0.25, -0.2) is 13.5 Å². The summed E-state index contributed by atoms with van der Waals surface area (Å²) < 4.78 is 30.2. The van der Waals surface area contributed by atoms with Gasteiger partial charge in [-0.2, -0.15) is 0 Å². The fraction of sp³-hybridized carbons (Fsp3) is 0.417. The van der Waals surface area contributed by atoms with Gasteiger partial charge in [-0.1, -0.05) is 6.07 Å². The molecule has 1 heterocycles. The highest BCUT2D eigenvalue weighted by atomic mass is 19.3. The average molecular weight is 283 g/mol. The van der Waals surface area contributed by atoms with E-state index in [9.17, 15) is 8.78 Å². The van der Waals surface area contributed by atoms with Crippen molar-refractivity contribution in [3.63, 3.8) is 0 Å². The van der Waals surface area contributed by atoms with Crippen LogP contribution >= 0.6 is 0 Å². The molecule has 0 aliphatic rings. The number of ether oxygens (including phenoxy) is 1. The number of halogens is 2. The molecule has 0 saturated carbocycles. The van der Waals surface area contributed by atoms with Crippen LogP contribution in [-0.4, -0.2) is 39.8 Å². The van der Waals surface area contributed by atoms with E-state index in [2.05, 4.69) is 15.5 Å². The maximum absolute atomic E-state index is 12.0. The number of rotatable bonds is 6. The van der Waals surface area contributed by atoms with Crippen LogP contribution in [0.5, 0.6) is 0 Å². The quantitative estimate of drug-likeness (QED) is 0.642. The van der Waals surface area contributed by atoms with E-state index < -0.39 is 13.0 Å². The summed E-state index contributed by atoms with van der Waals surface area (Å²) in [6, 6.07) is 5.44. The summed E-state index contributed by atoms with van der Waals surface area (Å²) >= 11 is 0. The molecule has 0 amide bonds. The van der Waals surface area contributed by atoms with E-state index in [1.54, 1.807) is 12.1 Å². The maximum Gasteiger partial charge on any atom is 0.261 e. The number of aryl methyl sites for hydroxylation is 1. The molecule has 2 N–H and O–H groups in total. The zero-order valence-electron chi connectivity index (χ0n) is 11.0. The molecule has 2 aromatic rings. The van der Waals surface area contributed by atoms with Crippen molar-refractivity contribution in [3.8, 4) is 11.4 Å². The summed E-state index contributed by atoms with van der Waals surface area (Å²) in [6.07, 6.45) is -2.47. The maximum atomic E-state index is 12.0. The smallest absolute Gasteiger partial charge is 0.261 e. The molecule has 1 aromatic heterocycles. The third-order valence-corrected chi connectivity index (χ3v) is 2.73. The highest BCUT2D eigenvalue weighted by Crippen LogP contribution is 2.22. The van der Waals surface area contributed by atoms with Crippen LogP contribution in [0.4, 0.5) is 14.5 Å². The van der Waals surface area contributed by atoms with Gasteiger partial charge < -0.3 is 10.5 Å². The summed E-state index contributed by atoms with van der Waals surface area (Å²) in [6.45, 7) is 1.74. The van der Waals surface area contributed by atoms with E-state index in [0.29, 0.717) is 18.1 Å². The summed E-state index contributed by atoms with van der Waals surface area (Å²) in [5, 5.41) is 11.4. The molecule has 20 heavy (non-hydrogen) atoms. The number of alkyl halides is 2. The van der Waals surface area contributed by atoms with Crippen molar-refractivity contribution in [1.29, 1.82) is 0 Å². The standard InChI is InChI=1S/C12H15F2N5O/c1-8-2-3-9(15)6-10(8)12-16-17-18-19(12)4-5-20-7-11(13)14/h2-3,6,11H,4-5,7,15H2,1H3. The lowest BCUT2D eigenvalue weighted by atomic mass is 10.1. The second kappa shape index (κ2) is 6.38. The summed E-state index contributed by atoms with van der Waals surface area (Å²) in [5.41, 5.74) is 8.14. The van der Waals surface area contributed by atoms with Gasteiger partial charge in [0.05, 0.1) is 13.2 Å². The Morgan fingerprint density at radius 3 is 2.95 bits per heavy atom. The Bertz CT molecular complexity index is 573. The van der Waals surface area contributed by atoms with Crippen LogP contribution in [0.3, 0.4) is 0 Å². The van der Waals surface area contributed by atoms with Crippen LogP contribution in [0.25, 0.3) is 11.4 Å². The molecule has 0 radical (unpaired) electrons. The highest BCUT2D eigenvalue weighted by Gasteiger charge is 2.12. The zero-order valence-corrected chi connectivity index (χ0v) is 11.0. The van der Waals surface area contributed by atoms with Crippen LogP contribution < -0.4 is 5.73 Å². The lowest BCUT2D eigenvalue weighted by Crippen LogP contribution is -2.12. The number of tetrazole rings is 1. The van der Waals surface area contributed by atoms with Crippen LogP contribution in [0, 0.1) is 6.92 Å². The van der Waals surface area contributed by atoms with Crippen molar-refractivity contribution >= 4 is 5.69 Å². The Hall–Kier alpha value is -2.09. The fourth-order valence-corrected chi connectivity index (χ4v) is 1.75. The number of hydrogen-bond acceptors (Lipinski definition) is 5. The Labute approximate surface area is 114 Å². The van der Waals surface area contributed by atoms with Crippen molar-refractivity contribution in [1.82, 2.24) is 20.2 Å². The predicted molar refractivity (Wildman–Crippen MR) is 69.2 cm³/mol. The number of nitrogens with zero attached hydrogens (tertiary/aromatic N) is 4. The zero-order chi connectivity index (χ0) is 14.5. The molecule has 0 aliphatic heterocycles. The van der Waals surface area contributed by atoms with Crippen LogP contribution in [0.2, 0.25) is 0 Å². The second-order valence-corrected chi connectivity index (χ2v) is 4.27. The molecule has 0 aliphatic carbocycles. The minimum atomic E-state index is -2.47. The molecule has 0 spiro atoms. The van der Waals surface area contributed by atoms with E-state index in [1.807, 2.05) is 13.0 Å². The third-order valence-electron chi connectivity index (χ3n) is 2.73. The van der Waals surface area contributed by atoms with Gasteiger partial charge in [0.15, 0.2) is 5.82 Å². The van der Waals surface area contributed by atoms with Gasteiger partial charge >= 0.3 is 0 Å². The molecular formula is C12H15F2N5O. The van der Waals surface area contributed by atoms with Gasteiger partial charge in [-0.05, 0) is 35.0 Å². The van der Waals surface area contributed by atoms with Gasteiger partial charge in [0, 0.05) is 11.3 Å². The van der Waals surface area contributed by atoms with Gasteiger partial charge in [-0.3, -0.25) is 0 Å². The van der Waals surface area contributed by atoms with Crippen molar-refractivity contribution in [2.75, 3.05) is 18.9 Å². The number of anilines is 1. The molecule has 108 valence electrons. The molecule has 6 nitrogen and oxygen atoms in total. The first-order chi connectivity index (χ1) is 9.58. The molecule has 0 fully saturated rings. The predicted octanol–water partition coefficient (Wildman–Crippen LogP) is 1.51. The van der Waals surface area contributed by atoms with Crippen molar-refractivity contribution < 1.29 is 13.5 Å². The van der Waals surface area contributed by atoms with Crippen molar-refractivity contribution in [2.45, 2.75) is 19.9 Å². The number of hydrogen-bond donors (Lipinski definition) is 1. The summed E-state index contributed by atoms with van der Waals surface area (Å²) in [5.74, 6) is 0.537. The Morgan fingerprint density at radius 2 is 2.20 bits per heavy atom. The van der Waals surface area contributed by atoms with E-state index in [-0.39, 0.29) is 6.61 Å². The lowest BCUT2D eigenvalue weighted by Gasteiger charge is -2.08. The Morgan fingerprint density at radius 1 is 1.40 bits per heavy atom. The van der Waals surface area contributed by atoms with E-state index in [4.69, 9.17) is 10.5 Å². The topological polar surface area (TPSA) is 78.9 Å². The lowest BCUT2D eigenvalue weighted by molar-refractivity contribution is 0.0140. The summed E-state index contributed by atoms with van der Waals surface area (Å²) in [4.78, 5) is 0. The molecule has 0 bridgehead atoms. The van der Waals surface area contributed by atoms with Crippen LogP contribution in [-0.2, 0) is 11.3 Å². The number of nitrogens with two attached hydrogens (primary N) is 1. The first kappa shape index (κ1) is 14.3.